The van der Waals surface area contributed by atoms with Crippen LogP contribution in [0.15, 0.2) is 0 Å². The van der Waals surface area contributed by atoms with Gasteiger partial charge in [0.25, 0.3) is 0 Å². The molecule has 2 N–H and O–H groups in total. The molecule has 0 aliphatic rings. The van der Waals surface area contributed by atoms with E-state index in [1.807, 2.05) is 13.8 Å². The number of methoxy groups -OCH3 is 1. The van der Waals surface area contributed by atoms with Crippen molar-refractivity contribution >= 4 is 5.97 Å². The van der Waals surface area contributed by atoms with Crippen LogP contribution < -0.4 is 5.73 Å². The van der Waals surface area contributed by atoms with Crippen LogP contribution in [0.4, 0.5) is 0 Å². The number of carbonyl (C=O) groups excluding carboxylic acids is 1. The SMILES string of the molecule is CCC(C)C(CC(=O)OC)C(C)(C)N. The molecule has 0 fully saturated rings. The molecule has 0 rings (SSSR count). The summed E-state index contributed by atoms with van der Waals surface area (Å²) in [6.07, 6.45) is 1.44. The Labute approximate surface area is 87.0 Å². The lowest BCUT2D eigenvalue weighted by Gasteiger charge is -2.34. The number of hydrogen-bond acceptors (Lipinski definition) is 3. The maximum absolute atomic E-state index is 11.2. The molecule has 3 nitrogen and oxygen atoms in total. The molecule has 0 amide bonds. The van der Waals surface area contributed by atoms with Crippen molar-refractivity contribution in [2.24, 2.45) is 17.6 Å². The Balaban J connectivity index is 4.49. The maximum atomic E-state index is 11.2. The number of rotatable bonds is 5. The maximum Gasteiger partial charge on any atom is 0.305 e. The second-order valence-corrected chi connectivity index (χ2v) is 4.59. The molecule has 0 heterocycles. The zero-order valence-electron chi connectivity index (χ0n) is 9.96. The van der Waals surface area contributed by atoms with Crippen LogP contribution in [0, 0.1) is 11.8 Å². The van der Waals surface area contributed by atoms with Crippen LogP contribution in [0.2, 0.25) is 0 Å². The number of hydrogen-bond donors (Lipinski definition) is 1. The van der Waals surface area contributed by atoms with Crippen LogP contribution in [-0.2, 0) is 9.53 Å². The van der Waals surface area contributed by atoms with Gasteiger partial charge in [0, 0.05) is 5.54 Å². The van der Waals surface area contributed by atoms with Crippen LogP contribution >= 0.6 is 0 Å². The topological polar surface area (TPSA) is 52.3 Å². The number of esters is 1. The third-order valence-electron chi connectivity index (χ3n) is 2.90. The van der Waals surface area contributed by atoms with Gasteiger partial charge in [-0.25, -0.2) is 0 Å². The predicted molar refractivity (Wildman–Crippen MR) is 57.8 cm³/mol. The molecule has 0 saturated heterocycles. The van der Waals surface area contributed by atoms with Gasteiger partial charge in [-0.3, -0.25) is 4.79 Å². The lowest BCUT2D eigenvalue weighted by Crippen LogP contribution is -2.45. The number of carbonyl (C=O) groups is 1. The van der Waals surface area contributed by atoms with E-state index in [0.717, 1.165) is 6.42 Å². The molecule has 0 radical (unpaired) electrons. The zero-order valence-corrected chi connectivity index (χ0v) is 9.96. The highest BCUT2D eigenvalue weighted by Crippen LogP contribution is 2.28. The summed E-state index contributed by atoms with van der Waals surface area (Å²) in [5, 5.41) is 0. The molecule has 2 atom stereocenters. The van der Waals surface area contributed by atoms with Gasteiger partial charge in [0.15, 0.2) is 0 Å². The predicted octanol–water partition coefficient (Wildman–Crippen LogP) is 1.95. The molecule has 2 unspecified atom stereocenters. The van der Waals surface area contributed by atoms with Gasteiger partial charge >= 0.3 is 5.97 Å². The van der Waals surface area contributed by atoms with Gasteiger partial charge in [-0.1, -0.05) is 20.3 Å². The van der Waals surface area contributed by atoms with Crippen LogP contribution in [0.1, 0.15) is 40.5 Å². The molecule has 3 heteroatoms. The van der Waals surface area contributed by atoms with Crippen LogP contribution in [-0.4, -0.2) is 18.6 Å². The molecule has 14 heavy (non-hydrogen) atoms. The largest absolute Gasteiger partial charge is 0.469 e. The van der Waals surface area contributed by atoms with E-state index in [2.05, 4.69) is 18.6 Å². The van der Waals surface area contributed by atoms with Gasteiger partial charge in [-0.05, 0) is 25.7 Å². The van der Waals surface area contributed by atoms with Crippen molar-refractivity contribution in [1.29, 1.82) is 0 Å². The molecular weight excluding hydrogens is 178 g/mol. The monoisotopic (exact) mass is 201 g/mol. The molecule has 0 aliphatic carbocycles. The zero-order chi connectivity index (χ0) is 11.4. The highest BCUT2D eigenvalue weighted by atomic mass is 16.5. The first-order chi connectivity index (χ1) is 6.32. The summed E-state index contributed by atoms with van der Waals surface area (Å²) in [7, 11) is 1.42. The lowest BCUT2D eigenvalue weighted by molar-refractivity contribution is -0.142. The minimum Gasteiger partial charge on any atom is -0.469 e. The molecule has 0 aliphatic heterocycles. The highest BCUT2D eigenvalue weighted by Gasteiger charge is 2.31. The van der Waals surface area contributed by atoms with Crippen LogP contribution in [0.25, 0.3) is 0 Å². The summed E-state index contributed by atoms with van der Waals surface area (Å²) in [5.41, 5.74) is 5.72. The Kier molecular flexibility index (Phi) is 5.13. The van der Waals surface area contributed by atoms with Crippen molar-refractivity contribution in [2.75, 3.05) is 7.11 Å². The van der Waals surface area contributed by atoms with E-state index in [9.17, 15) is 4.79 Å². The van der Waals surface area contributed by atoms with Gasteiger partial charge in [0.05, 0.1) is 13.5 Å². The Morgan fingerprint density at radius 1 is 1.50 bits per heavy atom. The van der Waals surface area contributed by atoms with Crippen molar-refractivity contribution in [1.82, 2.24) is 0 Å². The highest BCUT2D eigenvalue weighted by molar-refractivity contribution is 5.69. The van der Waals surface area contributed by atoms with E-state index in [1.54, 1.807) is 0 Å². The van der Waals surface area contributed by atoms with E-state index in [0.29, 0.717) is 12.3 Å². The van der Waals surface area contributed by atoms with Crippen molar-refractivity contribution in [3.8, 4) is 0 Å². The molecule has 0 aromatic carbocycles. The first-order valence-electron chi connectivity index (χ1n) is 5.18. The molecule has 0 aromatic heterocycles. The lowest BCUT2D eigenvalue weighted by atomic mass is 9.76. The summed E-state index contributed by atoms with van der Waals surface area (Å²) < 4.78 is 4.68. The van der Waals surface area contributed by atoms with E-state index in [1.165, 1.54) is 7.11 Å². The Bertz CT molecular complexity index is 184. The fourth-order valence-corrected chi connectivity index (χ4v) is 1.74. The van der Waals surface area contributed by atoms with Crippen molar-refractivity contribution in [3.05, 3.63) is 0 Å². The Morgan fingerprint density at radius 2 is 2.00 bits per heavy atom. The number of ether oxygens (including phenoxy) is 1. The molecule has 0 saturated carbocycles. The summed E-state index contributed by atoms with van der Waals surface area (Å²) in [6.45, 7) is 8.17. The standard InChI is InChI=1S/C11H23NO2/c1-6-8(2)9(11(3,4)12)7-10(13)14-5/h8-9H,6-7,12H2,1-5H3. The number of nitrogens with two attached hydrogens (primary N) is 1. The van der Waals surface area contributed by atoms with Gasteiger partial charge in [0.1, 0.15) is 0 Å². The minimum absolute atomic E-state index is 0.172. The third kappa shape index (κ3) is 4.09. The summed E-state index contributed by atoms with van der Waals surface area (Å²) in [4.78, 5) is 11.2. The van der Waals surface area contributed by atoms with Gasteiger partial charge in [-0.15, -0.1) is 0 Å². The Hall–Kier alpha value is -0.570. The van der Waals surface area contributed by atoms with Gasteiger partial charge < -0.3 is 10.5 Å². The van der Waals surface area contributed by atoms with E-state index < -0.39 is 0 Å². The van der Waals surface area contributed by atoms with E-state index in [-0.39, 0.29) is 17.4 Å². The molecule has 0 aromatic rings. The molecule has 0 spiro atoms. The van der Waals surface area contributed by atoms with Crippen molar-refractivity contribution in [3.63, 3.8) is 0 Å². The molecular formula is C11H23NO2. The fraction of sp³-hybridized carbons (Fsp3) is 0.909. The van der Waals surface area contributed by atoms with Crippen molar-refractivity contribution < 1.29 is 9.53 Å². The quantitative estimate of drug-likeness (QED) is 0.692. The minimum atomic E-state index is -0.330. The fourth-order valence-electron chi connectivity index (χ4n) is 1.74. The molecule has 0 bridgehead atoms. The second-order valence-electron chi connectivity index (χ2n) is 4.59. The van der Waals surface area contributed by atoms with Crippen LogP contribution in [0.3, 0.4) is 0 Å². The Morgan fingerprint density at radius 3 is 2.29 bits per heavy atom. The summed E-state index contributed by atoms with van der Waals surface area (Å²) in [6, 6.07) is 0. The van der Waals surface area contributed by atoms with Crippen molar-refractivity contribution in [2.45, 2.75) is 46.1 Å². The van der Waals surface area contributed by atoms with Crippen LogP contribution in [0.5, 0.6) is 0 Å². The second kappa shape index (κ2) is 5.35. The van der Waals surface area contributed by atoms with Gasteiger partial charge in [0.2, 0.25) is 0 Å². The molecule has 84 valence electrons. The third-order valence-corrected chi connectivity index (χ3v) is 2.90. The van der Waals surface area contributed by atoms with Gasteiger partial charge in [-0.2, -0.15) is 0 Å². The first-order valence-corrected chi connectivity index (χ1v) is 5.18. The van der Waals surface area contributed by atoms with E-state index >= 15 is 0 Å². The smallest absolute Gasteiger partial charge is 0.305 e. The average molecular weight is 201 g/mol. The summed E-state index contributed by atoms with van der Waals surface area (Å²) >= 11 is 0. The van der Waals surface area contributed by atoms with E-state index in [4.69, 9.17) is 5.73 Å². The first kappa shape index (κ1) is 13.4. The average Bonchev–Trinajstić information content (AvgIpc) is 2.10. The normalized spacial score (nSPS) is 16.1. The summed E-state index contributed by atoms with van der Waals surface area (Å²) in [5.74, 6) is 0.447.